The lowest BCUT2D eigenvalue weighted by Crippen LogP contribution is -2.36. The monoisotopic (exact) mass is 367 g/mol. The highest BCUT2D eigenvalue weighted by Crippen LogP contribution is 2.61. The van der Waals surface area contributed by atoms with E-state index >= 15 is 0 Å². The average molecular weight is 367 g/mol. The van der Waals surface area contributed by atoms with E-state index in [0.29, 0.717) is 6.42 Å². The van der Waals surface area contributed by atoms with E-state index < -0.39 is 21.1 Å². The predicted molar refractivity (Wildman–Crippen MR) is 91.6 cm³/mol. The van der Waals surface area contributed by atoms with Crippen LogP contribution in [0.5, 0.6) is 0 Å². The van der Waals surface area contributed by atoms with Gasteiger partial charge < -0.3 is 13.8 Å². The van der Waals surface area contributed by atoms with E-state index in [1.54, 1.807) is 0 Å². The molecule has 4 rings (SSSR count). The lowest BCUT2D eigenvalue weighted by atomic mass is 10.1. The molecule has 136 valence electrons. The first-order valence-electron chi connectivity index (χ1n) is 8.87. The van der Waals surface area contributed by atoms with Gasteiger partial charge in [0.15, 0.2) is 6.67 Å². The van der Waals surface area contributed by atoms with Crippen molar-refractivity contribution in [3.63, 3.8) is 0 Å². The standard InChI is InChI=1S/C18H23FNO4P/c1-3-15-16(8-11(2)22-15)23-25-20(17(21)10-19)14-9-12-6-4-5-7-13(12)18(14)24-25/h4-7,11,14-16,18H,3,8-10H2,1-2H3/t11-,14?,15+,16?,18?,25?/m0/s1. The van der Waals surface area contributed by atoms with Crippen LogP contribution in [0.2, 0.25) is 0 Å². The first-order chi connectivity index (χ1) is 12.1. The zero-order valence-corrected chi connectivity index (χ0v) is 15.3. The summed E-state index contributed by atoms with van der Waals surface area (Å²) in [5.74, 6) is -0.550. The second-order valence-electron chi connectivity index (χ2n) is 6.88. The predicted octanol–water partition coefficient (Wildman–Crippen LogP) is 3.68. The molecular formula is C18H23FNO4P. The molecule has 0 spiro atoms. The summed E-state index contributed by atoms with van der Waals surface area (Å²) in [4.78, 5) is 12.3. The second-order valence-corrected chi connectivity index (χ2v) is 8.21. The highest BCUT2D eigenvalue weighted by molar-refractivity contribution is 7.45. The van der Waals surface area contributed by atoms with Crippen molar-refractivity contribution in [1.29, 1.82) is 0 Å². The van der Waals surface area contributed by atoms with Crippen LogP contribution in [0.3, 0.4) is 0 Å². The minimum absolute atomic E-state index is 0.00356. The van der Waals surface area contributed by atoms with Gasteiger partial charge in [-0.15, -0.1) is 0 Å². The Bertz CT molecular complexity index is 660. The Morgan fingerprint density at radius 1 is 1.44 bits per heavy atom. The normalized spacial score (nSPS) is 36.5. The van der Waals surface area contributed by atoms with Crippen molar-refractivity contribution in [1.82, 2.24) is 4.67 Å². The van der Waals surface area contributed by atoms with Gasteiger partial charge >= 0.3 is 0 Å². The molecule has 0 N–H and O–H groups in total. The van der Waals surface area contributed by atoms with Gasteiger partial charge in [0.25, 0.3) is 14.4 Å². The summed E-state index contributed by atoms with van der Waals surface area (Å²) in [5.41, 5.74) is 2.24. The maximum absolute atomic E-state index is 13.2. The molecule has 2 saturated heterocycles. The molecule has 5 nitrogen and oxygen atoms in total. The molecule has 2 aliphatic heterocycles. The number of hydrogen-bond donors (Lipinski definition) is 0. The van der Waals surface area contributed by atoms with Crippen LogP contribution in [0.1, 0.15) is 43.9 Å². The number of carbonyl (C=O) groups excluding carboxylic acids is 1. The molecule has 4 unspecified atom stereocenters. The summed E-state index contributed by atoms with van der Waals surface area (Å²) in [5, 5.41) is 0. The summed E-state index contributed by atoms with van der Waals surface area (Å²) in [7, 11) is -1.61. The lowest BCUT2D eigenvalue weighted by molar-refractivity contribution is -0.129. The number of nitrogens with zero attached hydrogens (tertiary/aromatic N) is 1. The number of alkyl halides is 1. The minimum atomic E-state index is -1.61. The molecule has 0 radical (unpaired) electrons. The molecule has 25 heavy (non-hydrogen) atoms. The van der Waals surface area contributed by atoms with E-state index in [4.69, 9.17) is 13.8 Å². The fourth-order valence-electron chi connectivity index (χ4n) is 4.07. The molecule has 1 amide bonds. The van der Waals surface area contributed by atoms with E-state index in [9.17, 15) is 9.18 Å². The van der Waals surface area contributed by atoms with Gasteiger partial charge in [-0.25, -0.2) is 4.39 Å². The van der Waals surface area contributed by atoms with Gasteiger partial charge in [-0.1, -0.05) is 31.2 Å². The number of benzene rings is 1. The zero-order chi connectivity index (χ0) is 17.6. The fraction of sp³-hybridized carbons (Fsp3) is 0.611. The molecule has 1 aromatic carbocycles. The Balaban J connectivity index is 1.57. The number of ether oxygens (including phenoxy) is 1. The molecule has 1 aromatic rings. The molecule has 1 aliphatic carbocycles. The maximum atomic E-state index is 13.2. The number of fused-ring (bicyclic) bond motifs is 3. The molecule has 0 bridgehead atoms. The Kier molecular flexibility index (Phi) is 4.80. The van der Waals surface area contributed by atoms with Crippen LogP contribution in [0.4, 0.5) is 4.39 Å². The van der Waals surface area contributed by atoms with E-state index in [-0.39, 0.29) is 30.5 Å². The highest BCUT2D eigenvalue weighted by atomic mass is 31.2. The van der Waals surface area contributed by atoms with Crippen LogP contribution >= 0.6 is 8.53 Å². The number of rotatable bonds is 4. The largest absolute Gasteiger partial charge is 0.372 e. The van der Waals surface area contributed by atoms with Crippen LogP contribution < -0.4 is 0 Å². The van der Waals surface area contributed by atoms with Gasteiger partial charge in [0.05, 0.1) is 24.4 Å². The Labute approximate surface area is 148 Å². The first kappa shape index (κ1) is 17.3. The topological polar surface area (TPSA) is 48.0 Å². The molecule has 3 aliphatic rings. The van der Waals surface area contributed by atoms with Crippen molar-refractivity contribution in [2.45, 2.75) is 63.6 Å². The highest BCUT2D eigenvalue weighted by Gasteiger charge is 2.52. The second kappa shape index (κ2) is 6.92. The number of amides is 1. The average Bonchev–Trinajstić information content (AvgIpc) is 3.25. The van der Waals surface area contributed by atoms with Crippen molar-refractivity contribution in [3.8, 4) is 0 Å². The Morgan fingerprint density at radius 3 is 3.00 bits per heavy atom. The fourth-order valence-corrected chi connectivity index (χ4v) is 5.90. The number of halogens is 1. The lowest BCUT2D eigenvalue weighted by Gasteiger charge is -2.28. The van der Waals surface area contributed by atoms with Gasteiger partial charge in [-0.05, 0) is 30.9 Å². The van der Waals surface area contributed by atoms with Crippen LogP contribution in [0.15, 0.2) is 24.3 Å². The molecule has 0 saturated carbocycles. The molecule has 0 aromatic heterocycles. The van der Waals surface area contributed by atoms with Gasteiger partial charge in [0, 0.05) is 6.42 Å². The maximum Gasteiger partial charge on any atom is 0.293 e. The van der Waals surface area contributed by atoms with Crippen LogP contribution in [-0.2, 0) is 25.0 Å². The van der Waals surface area contributed by atoms with Gasteiger partial charge in [-0.2, -0.15) is 0 Å². The quantitative estimate of drug-likeness (QED) is 0.762. The number of carbonyl (C=O) groups is 1. The molecular weight excluding hydrogens is 344 g/mol. The Hall–Kier alpha value is -1.07. The third-order valence-corrected chi connectivity index (χ3v) is 6.95. The third-order valence-electron chi connectivity index (χ3n) is 5.22. The van der Waals surface area contributed by atoms with E-state index in [0.717, 1.165) is 24.0 Å². The van der Waals surface area contributed by atoms with E-state index in [1.807, 2.05) is 31.2 Å². The van der Waals surface area contributed by atoms with Crippen molar-refractivity contribution < 1.29 is 23.0 Å². The third kappa shape index (κ3) is 2.99. The van der Waals surface area contributed by atoms with Crippen molar-refractivity contribution in [2.75, 3.05) is 6.67 Å². The van der Waals surface area contributed by atoms with Crippen molar-refractivity contribution >= 4 is 14.4 Å². The van der Waals surface area contributed by atoms with Gasteiger partial charge in [-0.3, -0.25) is 9.46 Å². The van der Waals surface area contributed by atoms with Gasteiger partial charge in [0.1, 0.15) is 6.10 Å². The molecule has 7 heteroatoms. The smallest absolute Gasteiger partial charge is 0.293 e. The summed E-state index contributed by atoms with van der Waals surface area (Å²) in [6.07, 6.45) is 2.07. The van der Waals surface area contributed by atoms with Crippen molar-refractivity contribution in [3.05, 3.63) is 35.4 Å². The summed E-state index contributed by atoms with van der Waals surface area (Å²) >= 11 is 0. The van der Waals surface area contributed by atoms with E-state index in [1.165, 1.54) is 4.67 Å². The number of hydrogen-bond acceptors (Lipinski definition) is 4. The zero-order valence-electron chi connectivity index (χ0n) is 14.4. The SMILES string of the molecule is CC[C@H]1O[C@@H](C)CC1OP1OC2c3ccccc3CC2N1C(=O)CF. The van der Waals surface area contributed by atoms with Crippen LogP contribution in [0, 0.1) is 0 Å². The Morgan fingerprint density at radius 2 is 2.24 bits per heavy atom. The van der Waals surface area contributed by atoms with Crippen molar-refractivity contribution in [2.24, 2.45) is 0 Å². The van der Waals surface area contributed by atoms with Crippen LogP contribution in [0.25, 0.3) is 0 Å². The first-order valence-corrected chi connectivity index (χ1v) is 10.00. The summed E-state index contributed by atoms with van der Waals surface area (Å²) < 4.78 is 32.9. The summed E-state index contributed by atoms with van der Waals surface area (Å²) in [6.45, 7) is 3.04. The summed E-state index contributed by atoms with van der Waals surface area (Å²) in [6, 6.07) is 7.83. The van der Waals surface area contributed by atoms with E-state index in [2.05, 4.69) is 6.92 Å². The van der Waals surface area contributed by atoms with Crippen LogP contribution in [-0.4, -0.2) is 41.6 Å². The molecule has 6 atom stereocenters. The van der Waals surface area contributed by atoms with Gasteiger partial charge in [0.2, 0.25) is 0 Å². The molecule has 2 heterocycles. The molecule has 2 fully saturated rings. The minimum Gasteiger partial charge on any atom is -0.372 e.